The van der Waals surface area contributed by atoms with Crippen LogP contribution in [0, 0.1) is 5.41 Å². The zero-order chi connectivity index (χ0) is 16.9. The number of rotatable bonds is 4. The Morgan fingerprint density at radius 3 is 2.17 bits per heavy atom. The molecule has 0 N–H and O–H groups in total. The summed E-state index contributed by atoms with van der Waals surface area (Å²) < 4.78 is 9.65. The van der Waals surface area contributed by atoms with Gasteiger partial charge in [-0.3, -0.25) is 14.4 Å². The van der Waals surface area contributed by atoms with E-state index in [1.807, 2.05) is 12.1 Å². The number of methoxy groups -OCH3 is 2. The molecule has 0 aliphatic heterocycles. The number of carbonyl (C=O) groups excluding carboxylic acids is 3. The van der Waals surface area contributed by atoms with Gasteiger partial charge in [-0.25, -0.2) is 0 Å². The Morgan fingerprint density at radius 2 is 1.61 bits per heavy atom. The van der Waals surface area contributed by atoms with E-state index in [9.17, 15) is 14.4 Å². The lowest BCUT2D eigenvalue weighted by Crippen LogP contribution is -2.41. The standard InChI is InChI=1S/C18H20O5/c1-22-16(20)18(17(21)23-2)11-7-6-10-14(12-18)15(19)13-8-4-3-5-9-13/h3-5,8-10H,6-7,11-12H2,1-2H3. The lowest BCUT2D eigenvalue weighted by Gasteiger charge is -2.27. The predicted molar refractivity (Wildman–Crippen MR) is 83.8 cm³/mol. The number of hydrogen-bond acceptors (Lipinski definition) is 5. The maximum absolute atomic E-state index is 12.7. The van der Waals surface area contributed by atoms with E-state index in [0.29, 0.717) is 30.4 Å². The minimum absolute atomic E-state index is 0.0000737. The number of ether oxygens (including phenoxy) is 2. The first kappa shape index (κ1) is 16.9. The first-order valence-corrected chi connectivity index (χ1v) is 7.51. The Labute approximate surface area is 135 Å². The average Bonchev–Trinajstić information content (AvgIpc) is 2.84. The maximum atomic E-state index is 12.7. The fraction of sp³-hybridized carbons (Fsp3) is 0.389. The van der Waals surface area contributed by atoms with Crippen molar-refractivity contribution >= 4 is 17.7 Å². The molecule has 1 aliphatic carbocycles. The third kappa shape index (κ3) is 3.33. The molecule has 23 heavy (non-hydrogen) atoms. The van der Waals surface area contributed by atoms with Gasteiger partial charge in [0.05, 0.1) is 14.2 Å². The molecule has 0 spiro atoms. The Bertz CT molecular complexity index is 614. The highest BCUT2D eigenvalue weighted by atomic mass is 16.5. The first-order valence-electron chi connectivity index (χ1n) is 7.51. The molecule has 0 bridgehead atoms. The van der Waals surface area contributed by atoms with Crippen LogP contribution in [0.15, 0.2) is 42.0 Å². The van der Waals surface area contributed by atoms with Gasteiger partial charge in [0.1, 0.15) is 0 Å². The van der Waals surface area contributed by atoms with Crippen molar-refractivity contribution in [2.45, 2.75) is 25.7 Å². The van der Waals surface area contributed by atoms with E-state index in [-0.39, 0.29) is 12.2 Å². The minimum Gasteiger partial charge on any atom is -0.468 e. The van der Waals surface area contributed by atoms with Crippen LogP contribution in [0.5, 0.6) is 0 Å². The van der Waals surface area contributed by atoms with Crippen LogP contribution in [0.1, 0.15) is 36.0 Å². The quantitative estimate of drug-likeness (QED) is 0.485. The second-order valence-electron chi connectivity index (χ2n) is 5.56. The summed E-state index contributed by atoms with van der Waals surface area (Å²) in [4.78, 5) is 37.3. The van der Waals surface area contributed by atoms with Crippen LogP contribution < -0.4 is 0 Å². The van der Waals surface area contributed by atoms with Gasteiger partial charge in [-0.1, -0.05) is 36.4 Å². The molecule has 0 atom stereocenters. The van der Waals surface area contributed by atoms with Crippen molar-refractivity contribution in [3.8, 4) is 0 Å². The minimum atomic E-state index is -1.45. The molecule has 0 fully saturated rings. The molecule has 0 heterocycles. The van der Waals surface area contributed by atoms with E-state index in [4.69, 9.17) is 9.47 Å². The highest BCUT2D eigenvalue weighted by Gasteiger charge is 2.49. The number of carbonyl (C=O) groups is 3. The zero-order valence-corrected chi connectivity index (χ0v) is 13.3. The van der Waals surface area contributed by atoms with E-state index in [0.717, 1.165) is 0 Å². The highest BCUT2D eigenvalue weighted by Crippen LogP contribution is 2.38. The summed E-state index contributed by atoms with van der Waals surface area (Å²) in [5.74, 6) is -1.49. The molecular formula is C18H20O5. The molecule has 0 radical (unpaired) electrons. The Balaban J connectivity index is 2.38. The third-order valence-electron chi connectivity index (χ3n) is 4.17. The van der Waals surface area contributed by atoms with E-state index in [1.165, 1.54) is 14.2 Å². The summed E-state index contributed by atoms with van der Waals surface area (Å²) in [5, 5.41) is 0. The zero-order valence-electron chi connectivity index (χ0n) is 13.3. The molecule has 0 saturated heterocycles. The molecule has 1 aliphatic rings. The van der Waals surface area contributed by atoms with Crippen LogP contribution in [-0.2, 0) is 19.1 Å². The smallest absolute Gasteiger partial charge is 0.323 e. The molecule has 0 saturated carbocycles. The molecule has 0 aromatic heterocycles. The number of ketones is 1. The number of hydrogen-bond donors (Lipinski definition) is 0. The van der Waals surface area contributed by atoms with Gasteiger partial charge >= 0.3 is 11.9 Å². The number of allylic oxidation sites excluding steroid dienone is 2. The van der Waals surface area contributed by atoms with Gasteiger partial charge in [-0.05, 0) is 24.8 Å². The number of benzene rings is 1. The summed E-state index contributed by atoms with van der Waals surface area (Å²) in [6, 6.07) is 8.81. The highest BCUT2D eigenvalue weighted by molar-refractivity contribution is 6.10. The van der Waals surface area contributed by atoms with E-state index < -0.39 is 17.4 Å². The lowest BCUT2D eigenvalue weighted by atomic mass is 9.77. The van der Waals surface area contributed by atoms with Crippen molar-refractivity contribution in [3.63, 3.8) is 0 Å². The van der Waals surface area contributed by atoms with Gasteiger partial charge in [-0.15, -0.1) is 0 Å². The molecule has 5 nitrogen and oxygen atoms in total. The molecule has 1 aromatic carbocycles. The normalized spacial score (nSPS) is 16.7. The summed E-state index contributed by atoms with van der Waals surface area (Å²) in [5.41, 5.74) is -0.468. The van der Waals surface area contributed by atoms with Crippen LogP contribution >= 0.6 is 0 Å². The van der Waals surface area contributed by atoms with E-state index >= 15 is 0 Å². The molecule has 2 rings (SSSR count). The van der Waals surface area contributed by atoms with Crippen molar-refractivity contribution in [2.24, 2.45) is 5.41 Å². The van der Waals surface area contributed by atoms with Crippen LogP contribution in [0.25, 0.3) is 0 Å². The summed E-state index contributed by atoms with van der Waals surface area (Å²) in [6.45, 7) is 0. The Kier molecular flexibility index (Phi) is 5.32. The van der Waals surface area contributed by atoms with Gasteiger partial charge in [0.2, 0.25) is 0 Å². The fourth-order valence-corrected chi connectivity index (χ4v) is 2.94. The molecule has 0 unspecified atom stereocenters. The number of esters is 2. The van der Waals surface area contributed by atoms with E-state index in [2.05, 4.69) is 0 Å². The van der Waals surface area contributed by atoms with E-state index in [1.54, 1.807) is 24.3 Å². The third-order valence-corrected chi connectivity index (χ3v) is 4.17. The van der Waals surface area contributed by atoms with Crippen LogP contribution in [-0.4, -0.2) is 31.9 Å². The van der Waals surface area contributed by atoms with Crippen molar-refractivity contribution in [3.05, 3.63) is 47.5 Å². The number of Topliss-reactive ketones (excluding diaryl/α,β-unsaturated/α-hetero) is 1. The van der Waals surface area contributed by atoms with Crippen LogP contribution in [0.4, 0.5) is 0 Å². The molecule has 1 aromatic rings. The SMILES string of the molecule is COC(=O)C1(C(=O)OC)CCCC=C(C(=O)c2ccccc2)C1. The largest absolute Gasteiger partial charge is 0.468 e. The first-order chi connectivity index (χ1) is 11.0. The Morgan fingerprint density at radius 1 is 1.00 bits per heavy atom. The van der Waals surface area contributed by atoms with Gasteiger partial charge in [0.25, 0.3) is 0 Å². The Hall–Kier alpha value is -2.43. The second kappa shape index (κ2) is 7.22. The second-order valence-corrected chi connectivity index (χ2v) is 5.56. The molecule has 0 amide bonds. The monoisotopic (exact) mass is 316 g/mol. The van der Waals surface area contributed by atoms with Crippen molar-refractivity contribution in [1.29, 1.82) is 0 Å². The maximum Gasteiger partial charge on any atom is 0.323 e. The topological polar surface area (TPSA) is 69.7 Å². The summed E-state index contributed by atoms with van der Waals surface area (Å²) >= 11 is 0. The summed E-state index contributed by atoms with van der Waals surface area (Å²) in [7, 11) is 2.47. The van der Waals surface area contributed by atoms with Gasteiger partial charge in [-0.2, -0.15) is 0 Å². The van der Waals surface area contributed by atoms with Gasteiger partial charge in [0, 0.05) is 12.0 Å². The van der Waals surface area contributed by atoms with Crippen LogP contribution in [0.3, 0.4) is 0 Å². The lowest BCUT2D eigenvalue weighted by molar-refractivity contribution is -0.169. The van der Waals surface area contributed by atoms with Gasteiger partial charge < -0.3 is 9.47 Å². The summed E-state index contributed by atoms with van der Waals surface area (Å²) in [6.07, 6.45) is 3.34. The predicted octanol–water partition coefficient (Wildman–Crippen LogP) is 2.70. The molecular weight excluding hydrogens is 296 g/mol. The van der Waals surface area contributed by atoms with Crippen molar-refractivity contribution in [2.75, 3.05) is 14.2 Å². The van der Waals surface area contributed by atoms with Crippen molar-refractivity contribution in [1.82, 2.24) is 0 Å². The molecule has 122 valence electrons. The van der Waals surface area contributed by atoms with Crippen molar-refractivity contribution < 1.29 is 23.9 Å². The van der Waals surface area contributed by atoms with Gasteiger partial charge in [0.15, 0.2) is 11.2 Å². The fourth-order valence-electron chi connectivity index (χ4n) is 2.94. The van der Waals surface area contributed by atoms with Crippen LogP contribution in [0.2, 0.25) is 0 Å². The average molecular weight is 316 g/mol. The molecule has 5 heteroatoms.